The Labute approximate surface area is 289 Å². The van der Waals surface area contributed by atoms with Crippen LogP contribution in [0, 0.1) is 0 Å². The molecule has 50 heavy (non-hydrogen) atoms. The van der Waals surface area contributed by atoms with E-state index in [2.05, 4.69) is 146 Å². The molecule has 10 rings (SSSR count). The van der Waals surface area contributed by atoms with Gasteiger partial charge in [0.05, 0.1) is 0 Å². The summed E-state index contributed by atoms with van der Waals surface area (Å²) in [6.07, 6.45) is 0. The second-order valence-corrected chi connectivity index (χ2v) is 12.8. The van der Waals surface area contributed by atoms with Crippen LogP contribution in [0.2, 0.25) is 0 Å². The summed E-state index contributed by atoms with van der Waals surface area (Å²) in [5.74, 6) is 1.96. The highest BCUT2D eigenvalue weighted by atomic mass is 15.0. The minimum Gasteiger partial charge on any atom is -0.208 e. The van der Waals surface area contributed by atoms with Crippen LogP contribution in [0.4, 0.5) is 0 Å². The molecule has 0 N–H and O–H groups in total. The van der Waals surface area contributed by atoms with E-state index in [1.165, 1.54) is 54.0 Å². The Morgan fingerprint density at radius 3 is 1.58 bits per heavy atom. The average Bonchev–Trinajstić information content (AvgIpc) is 3.20. The molecular formula is C47H29N3. The zero-order valence-corrected chi connectivity index (χ0v) is 27.1. The molecule has 3 heteroatoms. The van der Waals surface area contributed by atoms with Crippen LogP contribution in [0.1, 0.15) is 0 Å². The molecule has 1 aromatic heterocycles. The molecule has 0 amide bonds. The molecule has 232 valence electrons. The van der Waals surface area contributed by atoms with Crippen LogP contribution in [-0.4, -0.2) is 15.0 Å². The van der Waals surface area contributed by atoms with E-state index < -0.39 is 0 Å². The third kappa shape index (κ3) is 4.71. The SMILES string of the molecule is c1ccc(-c2nc(-c3ccc(-c4cccc5ccc6ccc7c8ccccc8ccc7c6c45)cc3)nc(-c3ccc4ccccc4c3)n2)cc1. The van der Waals surface area contributed by atoms with Gasteiger partial charge in [0.25, 0.3) is 0 Å². The van der Waals surface area contributed by atoms with Crippen LogP contribution in [-0.2, 0) is 0 Å². The normalized spacial score (nSPS) is 11.6. The van der Waals surface area contributed by atoms with E-state index in [1.807, 2.05) is 30.3 Å². The van der Waals surface area contributed by atoms with Crippen molar-refractivity contribution in [3.05, 3.63) is 176 Å². The van der Waals surface area contributed by atoms with Gasteiger partial charge in [-0.15, -0.1) is 0 Å². The first-order valence-electron chi connectivity index (χ1n) is 16.9. The molecular weight excluding hydrogens is 607 g/mol. The Kier molecular flexibility index (Phi) is 6.49. The van der Waals surface area contributed by atoms with Gasteiger partial charge in [-0.2, -0.15) is 0 Å². The third-order valence-corrected chi connectivity index (χ3v) is 9.88. The highest BCUT2D eigenvalue weighted by Gasteiger charge is 2.15. The highest BCUT2D eigenvalue weighted by Crippen LogP contribution is 2.40. The van der Waals surface area contributed by atoms with Crippen LogP contribution in [0.5, 0.6) is 0 Å². The zero-order valence-electron chi connectivity index (χ0n) is 27.1. The van der Waals surface area contributed by atoms with Gasteiger partial charge in [-0.05, 0) is 71.1 Å². The lowest BCUT2D eigenvalue weighted by molar-refractivity contribution is 1.07. The third-order valence-electron chi connectivity index (χ3n) is 9.88. The molecule has 0 unspecified atom stereocenters. The highest BCUT2D eigenvalue weighted by molar-refractivity contribution is 6.27. The summed E-state index contributed by atoms with van der Waals surface area (Å²) in [7, 11) is 0. The van der Waals surface area contributed by atoms with Gasteiger partial charge in [-0.1, -0.05) is 170 Å². The Bertz CT molecular complexity index is 2910. The molecule has 0 bridgehead atoms. The summed E-state index contributed by atoms with van der Waals surface area (Å²) in [4.78, 5) is 15.0. The quantitative estimate of drug-likeness (QED) is 0.181. The van der Waals surface area contributed by atoms with E-state index in [9.17, 15) is 0 Å². The van der Waals surface area contributed by atoms with Gasteiger partial charge in [-0.25, -0.2) is 15.0 Å². The Morgan fingerprint density at radius 2 is 0.780 bits per heavy atom. The molecule has 3 nitrogen and oxygen atoms in total. The molecule has 0 radical (unpaired) electrons. The summed E-state index contributed by atoms with van der Waals surface area (Å²) in [5.41, 5.74) is 5.22. The average molecular weight is 636 g/mol. The Morgan fingerprint density at radius 1 is 0.260 bits per heavy atom. The van der Waals surface area contributed by atoms with E-state index in [-0.39, 0.29) is 0 Å². The number of rotatable bonds is 4. The predicted molar refractivity (Wildman–Crippen MR) is 209 cm³/mol. The smallest absolute Gasteiger partial charge is 0.164 e. The van der Waals surface area contributed by atoms with Gasteiger partial charge in [0.1, 0.15) is 0 Å². The van der Waals surface area contributed by atoms with Gasteiger partial charge in [0, 0.05) is 16.7 Å². The maximum atomic E-state index is 5.04. The monoisotopic (exact) mass is 635 g/mol. The minimum absolute atomic E-state index is 0.648. The number of benzene rings is 9. The van der Waals surface area contributed by atoms with Crippen molar-refractivity contribution >= 4 is 53.9 Å². The first-order valence-corrected chi connectivity index (χ1v) is 16.9. The van der Waals surface area contributed by atoms with E-state index in [1.54, 1.807) is 0 Å². The van der Waals surface area contributed by atoms with Gasteiger partial charge in [0.15, 0.2) is 17.5 Å². The number of fused-ring (bicyclic) bond motifs is 8. The van der Waals surface area contributed by atoms with E-state index in [0.29, 0.717) is 17.5 Å². The number of hydrogen-bond donors (Lipinski definition) is 0. The Balaban J connectivity index is 1.13. The van der Waals surface area contributed by atoms with Crippen molar-refractivity contribution in [3.63, 3.8) is 0 Å². The number of aromatic nitrogens is 3. The second-order valence-electron chi connectivity index (χ2n) is 12.8. The van der Waals surface area contributed by atoms with E-state index in [4.69, 9.17) is 15.0 Å². The Hall–Kier alpha value is -6.71. The van der Waals surface area contributed by atoms with Crippen LogP contribution < -0.4 is 0 Å². The fourth-order valence-electron chi connectivity index (χ4n) is 7.41. The molecule has 0 spiro atoms. The van der Waals surface area contributed by atoms with Crippen molar-refractivity contribution < 1.29 is 0 Å². The standard InChI is InChI=1S/C47H29N3/c1-2-11-35(12-3-1)45-48-46(50-47(49-45)38-24-17-30-9-4-5-13-37(30)29-38)36-22-18-32(19-23-36)40-16-8-14-33-20-21-34-26-27-41-39-15-7-6-10-31(39)25-28-42(41)44(34)43(33)40/h1-29H. The molecule has 9 aromatic carbocycles. The second kappa shape index (κ2) is 11.5. The molecule has 0 atom stereocenters. The van der Waals surface area contributed by atoms with Crippen LogP contribution >= 0.6 is 0 Å². The van der Waals surface area contributed by atoms with Crippen LogP contribution in [0.15, 0.2) is 176 Å². The van der Waals surface area contributed by atoms with Crippen molar-refractivity contribution in [2.24, 2.45) is 0 Å². The number of nitrogens with zero attached hydrogens (tertiary/aromatic N) is 3. The lowest BCUT2D eigenvalue weighted by atomic mass is 9.89. The van der Waals surface area contributed by atoms with Gasteiger partial charge in [0.2, 0.25) is 0 Å². The van der Waals surface area contributed by atoms with Crippen LogP contribution in [0.25, 0.3) is 99.2 Å². The maximum absolute atomic E-state index is 5.04. The molecule has 0 saturated heterocycles. The van der Waals surface area contributed by atoms with Gasteiger partial charge in [-0.3, -0.25) is 0 Å². The molecule has 0 fully saturated rings. The van der Waals surface area contributed by atoms with E-state index in [0.717, 1.165) is 27.6 Å². The van der Waals surface area contributed by atoms with Gasteiger partial charge < -0.3 is 0 Å². The summed E-state index contributed by atoms with van der Waals surface area (Å²) in [5, 5.41) is 12.4. The molecule has 10 aromatic rings. The fourth-order valence-corrected chi connectivity index (χ4v) is 7.41. The zero-order chi connectivity index (χ0) is 33.0. The minimum atomic E-state index is 0.648. The van der Waals surface area contributed by atoms with Crippen molar-refractivity contribution in [2.75, 3.05) is 0 Å². The van der Waals surface area contributed by atoms with Gasteiger partial charge >= 0.3 is 0 Å². The first-order chi connectivity index (χ1) is 24.8. The molecule has 0 aliphatic carbocycles. The van der Waals surface area contributed by atoms with Crippen molar-refractivity contribution in [3.8, 4) is 45.3 Å². The van der Waals surface area contributed by atoms with Crippen LogP contribution in [0.3, 0.4) is 0 Å². The van der Waals surface area contributed by atoms with Crippen molar-refractivity contribution in [1.29, 1.82) is 0 Å². The summed E-state index contributed by atoms with van der Waals surface area (Å²) in [6, 6.07) is 62.4. The molecule has 0 aliphatic heterocycles. The predicted octanol–water partition coefficient (Wildman–Crippen LogP) is 12.3. The summed E-state index contributed by atoms with van der Waals surface area (Å²) >= 11 is 0. The number of hydrogen-bond acceptors (Lipinski definition) is 3. The van der Waals surface area contributed by atoms with Crippen molar-refractivity contribution in [2.45, 2.75) is 0 Å². The molecule has 0 saturated carbocycles. The lowest BCUT2D eigenvalue weighted by Crippen LogP contribution is -2.00. The fraction of sp³-hybridized carbons (Fsp3) is 0. The molecule has 0 aliphatic rings. The largest absolute Gasteiger partial charge is 0.208 e. The first kappa shape index (κ1) is 28.3. The maximum Gasteiger partial charge on any atom is 0.164 e. The lowest BCUT2D eigenvalue weighted by Gasteiger charge is -2.14. The van der Waals surface area contributed by atoms with E-state index >= 15 is 0 Å². The van der Waals surface area contributed by atoms with Crippen molar-refractivity contribution in [1.82, 2.24) is 15.0 Å². The summed E-state index contributed by atoms with van der Waals surface area (Å²) < 4.78 is 0. The molecule has 1 heterocycles. The summed E-state index contributed by atoms with van der Waals surface area (Å²) in [6.45, 7) is 0. The topological polar surface area (TPSA) is 38.7 Å².